The molecule has 0 aliphatic carbocycles. The van der Waals surface area contributed by atoms with Gasteiger partial charge in [0.1, 0.15) is 17.3 Å². The van der Waals surface area contributed by atoms with Gasteiger partial charge in [0.15, 0.2) is 10.8 Å². The molecule has 0 radical (unpaired) electrons. The second-order valence-electron chi connectivity index (χ2n) is 6.46. The topological polar surface area (TPSA) is 88.9 Å². The maximum absolute atomic E-state index is 14.4. The van der Waals surface area contributed by atoms with Crippen LogP contribution in [0.5, 0.6) is 0 Å². The molecule has 0 fully saturated rings. The molecule has 0 atom stereocenters. The number of benzene rings is 2. The lowest BCUT2D eigenvalue weighted by molar-refractivity contribution is -0.114. The molecule has 2 aromatic heterocycles. The average Bonchev–Trinajstić information content (AvgIpc) is 3.38. The van der Waals surface area contributed by atoms with Gasteiger partial charge in [-0.3, -0.25) is 14.9 Å². The van der Waals surface area contributed by atoms with Crippen molar-refractivity contribution in [2.75, 3.05) is 10.6 Å². The predicted octanol–water partition coefficient (Wildman–Crippen LogP) is 4.48. The van der Waals surface area contributed by atoms with Crippen molar-refractivity contribution in [3.8, 4) is 16.9 Å². The summed E-state index contributed by atoms with van der Waals surface area (Å²) in [5, 5.41) is 11.1. The number of para-hydroxylation sites is 1. The minimum absolute atomic E-state index is 0.0749. The molecule has 31 heavy (non-hydrogen) atoms. The van der Waals surface area contributed by atoms with Gasteiger partial charge in [-0.05, 0) is 36.4 Å². The summed E-state index contributed by atoms with van der Waals surface area (Å²) in [6, 6.07) is 11.8. The zero-order chi connectivity index (χ0) is 22.0. The van der Waals surface area contributed by atoms with Gasteiger partial charge in [0, 0.05) is 29.8 Å². The standard InChI is InChI=1S/C21H15F2N5O2S/c1-12(29)24-13-6-7-14(16(23)10-13)18-11-31-21(25-18)26-20(30)17-8-9-28(27-17)19-5-3-2-4-15(19)22/h2-11H,1H3,(H,24,29)(H,25,26,30). The van der Waals surface area contributed by atoms with E-state index >= 15 is 0 Å². The Morgan fingerprint density at radius 2 is 1.84 bits per heavy atom. The number of nitrogens with one attached hydrogen (secondary N) is 2. The van der Waals surface area contributed by atoms with Crippen LogP contribution in [0.1, 0.15) is 17.4 Å². The van der Waals surface area contributed by atoms with E-state index in [4.69, 9.17) is 0 Å². The Labute approximate surface area is 179 Å². The van der Waals surface area contributed by atoms with E-state index in [1.807, 2.05) is 0 Å². The third-order valence-electron chi connectivity index (χ3n) is 4.21. The van der Waals surface area contributed by atoms with Crippen molar-refractivity contribution >= 4 is 34.0 Å². The van der Waals surface area contributed by atoms with Crippen molar-refractivity contribution in [2.45, 2.75) is 6.92 Å². The monoisotopic (exact) mass is 439 g/mol. The van der Waals surface area contributed by atoms with Gasteiger partial charge in [-0.25, -0.2) is 18.4 Å². The smallest absolute Gasteiger partial charge is 0.277 e. The van der Waals surface area contributed by atoms with E-state index < -0.39 is 17.5 Å². The SMILES string of the molecule is CC(=O)Nc1ccc(-c2csc(NC(=O)c3ccn(-c4ccccc4F)n3)n2)c(F)c1. The molecule has 0 saturated heterocycles. The highest BCUT2D eigenvalue weighted by atomic mass is 32.1. The number of carbonyl (C=O) groups excluding carboxylic acids is 2. The number of halogens is 2. The number of hydrogen-bond donors (Lipinski definition) is 2. The highest BCUT2D eigenvalue weighted by Gasteiger charge is 2.16. The number of amides is 2. The van der Waals surface area contributed by atoms with Gasteiger partial charge in [-0.2, -0.15) is 5.10 Å². The minimum atomic E-state index is -0.557. The second-order valence-corrected chi connectivity index (χ2v) is 7.32. The molecular formula is C21H15F2N5O2S. The Morgan fingerprint density at radius 3 is 2.58 bits per heavy atom. The molecular weight excluding hydrogens is 424 g/mol. The molecule has 4 rings (SSSR count). The first-order valence-corrected chi connectivity index (χ1v) is 9.93. The van der Waals surface area contributed by atoms with Crippen molar-refractivity contribution in [1.29, 1.82) is 0 Å². The highest BCUT2D eigenvalue weighted by Crippen LogP contribution is 2.29. The quantitative estimate of drug-likeness (QED) is 0.480. The lowest BCUT2D eigenvalue weighted by Gasteiger charge is -2.05. The lowest BCUT2D eigenvalue weighted by Crippen LogP contribution is -2.13. The fourth-order valence-corrected chi connectivity index (χ4v) is 3.54. The molecule has 2 aromatic carbocycles. The number of aromatic nitrogens is 3. The first-order chi connectivity index (χ1) is 14.9. The van der Waals surface area contributed by atoms with Crippen molar-refractivity contribution in [2.24, 2.45) is 0 Å². The van der Waals surface area contributed by atoms with Crippen molar-refractivity contribution in [1.82, 2.24) is 14.8 Å². The van der Waals surface area contributed by atoms with Gasteiger partial charge in [-0.1, -0.05) is 12.1 Å². The summed E-state index contributed by atoms with van der Waals surface area (Å²) in [5.74, 6) is -1.85. The van der Waals surface area contributed by atoms with Crippen LogP contribution in [0, 0.1) is 11.6 Å². The summed E-state index contributed by atoms with van der Waals surface area (Å²) in [6.45, 7) is 1.33. The van der Waals surface area contributed by atoms with Crippen LogP contribution in [-0.4, -0.2) is 26.6 Å². The number of anilines is 2. The Hall–Kier alpha value is -3.92. The van der Waals surface area contributed by atoms with E-state index in [0.717, 1.165) is 11.3 Å². The summed E-state index contributed by atoms with van der Waals surface area (Å²) < 4.78 is 29.6. The van der Waals surface area contributed by atoms with E-state index in [0.29, 0.717) is 11.4 Å². The molecule has 0 aliphatic heterocycles. The predicted molar refractivity (Wildman–Crippen MR) is 113 cm³/mol. The normalized spacial score (nSPS) is 10.7. The Balaban J connectivity index is 1.49. The Morgan fingerprint density at radius 1 is 1.03 bits per heavy atom. The van der Waals surface area contributed by atoms with Crippen molar-refractivity contribution in [3.63, 3.8) is 0 Å². The fraction of sp³-hybridized carbons (Fsp3) is 0.0476. The third kappa shape index (κ3) is 4.48. The van der Waals surface area contributed by atoms with Crippen molar-refractivity contribution < 1.29 is 18.4 Å². The van der Waals surface area contributed by atoms with Crippen LogP contribution in [0.4, 0.5) is 19.6 Å². The number of nitrogens with zero attached hydrogens (tertiary/aromatic N) is 3. The van der Waals surface area contributed by atoms with Crippen LogP contribution in [0.15, 0.2) is 60.1 Å². The molecule has 0 saturated carbocycles. The van der Waals surface area contributed by atoms with Gasteiger partial charge in [-0.15, -0.1) is 11.3 Å². The average molecular weight is 439 g/mol. The number of hydrogen-bond acceptors (Lipinski definition) is 5. The van der Waals surface area contributed by atoms with Crippen LogP contribution >= 0.6 is 11.3 Å². The van der Waals surface area contributed by atoms with Crippen LogP contribution in [0.2, 0.25) is 0 Å². The first-order valence-electron chi connectivity index (χ1n) is 9.05. The molecule has 156 valence electrons. The zero-order valence-corrected chi connectivity index (χ0v) is 16.9. The maximum atomic E-state index is 14.4. The van der Waals surface area contributed by atoms with E-state index in [1.165, 1.54) is 42.1 Å². The molecule has 0 bridgehead atoms. The first kappa shape index (κ1) is 20.4. The van der Waals surface area contributed by atoms with Gasteiger partial charge < -0.3 is 5.32 Å². The number of carbonyl (C=O) groups is 2. The lowest BCUT2D eigenvalue weighted by atomic mass is 10.1. The fourth-order valence-electron chi connectivity index (χ4n) is 2.84. The molecule has 7 nitrogen and oxygen atoms in total. The summed E-state index contributed by atoms with van der Waals surface area (Å²) in [4.78, 5) is 27.8. The molecule has 2 heterocycles. The zero-order valence-electron chi connectivity index (χ0n) is 16.1. The van der Waals surface area contributed by atoms with Crippen LogP contribution < -0.4 is 10.6 Å². The van der Waals surface area contributed by atoms with Gasteiger partial charge >= 0.3 is 0 Å². The minimum Gasteiger partial charge on any atom is -0.326 e. The van der Waals surface area contributed by atoms with E-state index in [9.17, 15) is 18.4 Å². The molecule has 0 unspecified atom stereocenters. The summed E-state index contributed by atoms with van der Waals surface area (Å²) >= 11 is 1.12. The van der Waals surface area contributed by atoms with Crippen LogP contribution in [0.25, 0.3) is 16.9 Å². The number of thiazole rings is 1. The van der Waals surface area contributed by atoms with Crippen LogP contribution in [0.3, 0.4) is 0 Å². The maximum Gasteiger partial charge on any atom is 0.277 e. The van der Waals surface area contributed by atoms with Gasteiger partial charge in [0.25, 0.3) is 5.91 Å². The second kappa shape index (κ2) is 8.44. The Bertz CT molecular complexity index is 1280. The number of rotatable bonds is 5. The van der Waals surface area contributed by atoms with E-state index in [-0.39, 0.29) is 28.0 Å². The van der Waals surface area contributed by atoms with E-state index in [1.54, 1.807) is 29.6 Å². The molecule has 2 amide bonds. The largest absolute Gasteiger partial charge is 0.326 e. The molecule has 0 spiro atoms. The third-order valence-corrected chi connectivity index (χ3v) is 4.97. The van der Waals surface area contributed by atoms with Crippen LogP contribution in [-0.2, 0) is 4.79 Å². The highest BCUT2D eigenvalue weighted by molar-refractivity contribution is 7.14. The van der Waals surface area contributed by atoms with E-state index in [2.05, 4.69) is 20.7 Å². The summed E-state index contributed by atoms with van der Waals surface area (Å²) in [5.41, 5.74) is 1.20. The van der Waals surface area contributed by atoms with Crippen molar-refractivity contribution in [3.05, 3.63) is 77.4 Å². The van der Waals surface area contributed by atoms with Gasteiger partial charge in [0.2, 0.25) is 5.91 Å². The molecule has 0 aliphatic rings. The van der Waals surface area contributed by atoms with Gasteiger partial charge in [0.05, 0.1) is 5.69 Å². The Kier molecular flexibility index (Phi) is 5.54. The summed E-state index contributed by atoms with van der Waals surface area (Å²) in [6.07, 6.45) is 1.48. The summed E-state index contributed by atoms with van der Waals surface area (Å²) in [7, 11) is 0. The molecule has 4 aromatic rings. The molecule has 2 N–H and O–H groups in total. The molecule has 10 heteroatoms.